The van der Waals surface area contributed by atoms with Crippen molar-refractivity contribution in [3.63, 3.8) is 0 Å². The van der Waals surface area contributed by atoms with Crippen molar-refractivity contribution in [2.45, 2.75) is 18.4 Å². The molecule has 1 heterocycles. The van der Waals surface area contributed by atoms with Gasteiger partial charge in [0.05, 0.1) is 15.9 Å². The summed E-state index contributed by atoms with van der Waals surface area (Å²) >= 11 is 5.22. The number of amides is 1. The summed E-state index contributed by atoms with van der Waals surface area (Å²) < 4.78 is 25.6. The van der Waals surface area contributed by atoms with Crippen molar-refractivity contribution in [2.75, 3.05) is 19.8 Å². The lowest BCUT2D eigenvalue weighted by molar-refractivity contribution is -0.130. The lowest BCUT2D eigenvalue weighted by Gasteiger charge is -2.15. The Labute approximate surface area is 128 Å². The van der Waals surface area contributed by atoms with Crippen molar-refractivity contribution in [1.29, 1.82) is 0 Å². The number of nitrogens with zero attached hydrogens (tertiary/aromatic N) is 2. The second-order valence-electron chi connectivity index (χ2n) is 4.85. The molecule has 0 spiro atoms. The van der Waals surface area contributed by atoms with E-state index in [1.807, 2.05) is 6.92 Å². The second kappa shape index (κ2) is 5.61. The molecule has 6 nitrogen and oxygen atoms in total. The molecule has 21 heavy (non-hydrogen) atoms. The number of fused-ring (bicyclic) bond motifs is 1. The Morgan fingerprint density at radius 2 is 2.10 bits per heavy atom. The normalized spacial score (nSPS) is 11.8. The Hall–Kier alpha value is -1.67. The maximum Gasteiger partial charge on any atom is 0.242 e. The standard InChI is InChI=1S/C13H17N3O3S2/c1-4-15(2)11(17)8-16-9-6-5-7-10(21(3,18)19)12(9)14-13(16)20/h5-7H,4,8H2,1-3H3,(H,14,20). The van der Waals surface area contributed by atoms with Crippen LogP contribution >= 0.6 is 12.2 Å². The molecule has 0 atom stereocenters. The number of para-hydroxylation sites is 1. The van der Waals surface area contributed by atoms with Crippen LogP contribution in [0.4, 0.5) is 0 Å². The van der Waals surface area contributed by atoms with Gasteiger partial charge in [-0.05, 0) is 31.3 Å². The van der Waals surface area contributed by atoms with E-state index in [-0.39, 0.29) is 17.3 Å². The van der Waals surface area contributed by atoms with Gasteiger partial charge in [-0.15, -0.1) is 0 Å². The Balaban J connectivity index is 2.60. The SMILES string of the molecule is CCN(C)C(=O)Cn1c(=S)[nH]c2c(S(C)(=O)=O)cccc21. The van der Waals surface area contributed by atoms with E-state index < -0.39 is 9.84 Å². The Morgan fingerprint density at radius 1 is 1.43 bits per heavy atom. The number of carbonyl (C=O) groups is 1. The number of likely N-dealkylation sites (N-methyl/N-ethyl adjacent to an activating group) is 1. The molecule has 114 valence electrons. The smallest absolute Gasteiger partial charge is 0.242 e. The number of rotatable bonds is 4. The number of aromatic amines is 1. The van der Waals surface area contributed by atoms with Crippen molar-refractivity contribution < 1.29 is 13.2 Å². The summed E-state index contributed by atoms with van der Waals surface area (Å²) in [5, 5.41) is 0. The average Bonchev–Trinajstić information content (AvgIpc) is 2.72. The fraction of sp³-hybridized carbons (Fsp3) is 0.385. The topological polar surface area (TPSA) is 75.2 Å². The molecule has 2 aromatic rings. The highest BCUT2D eigenvalue weighted by Crippen LogP contribution is 2.22. The molecule has 8 heteroatoms. The molecule has 1 amide bonds. The van der Waals surface area contributed by atoms with Crippen LogP contribution in [0.2, 0.25) is 0 Å². The number of sulfone groups is 1. The van der Waals surface area contributed by atoms with Gasteiger partial charge in [-0.1, -0.05) is 6.07 Å². The van der Waals surface area contributed by atoms with Crippen molar-refractivity contribution >= 4 is 39.0 Å². The molecule has 0 fully saturated rings. The van der Waals surface area contributed by atoms with Gasteiger partial charge < -0.3 is 14.5 Å². The number of imidazole rings is 1. The minimum absolute atomic E-state index is 0.0798. The third-order valence-corrected chi connectivity index (χ3v) is 4.83. The summed E-state index contributed by atoms with van der Waals surface area (Å²) in [5.41, 5.74) is 1.05. The van der Waals surface area contributed by atoms with Crippen LogP contribution in [-0.2, 0) is 21.2 Å². The van der Waals surface area contributed by atoms with Crippen molar-refractivity contribution in [1.82, 2.24) is 14.5 Å². The molecule has 0 aliphatic heterocycles. The molecule has 2 rings (SSSR count). The van der Waals surface area contributed by atoms with Crippen LogP contribution in [-0.4, -0.2) is 48.6 Å². The van der Waals surface area contributed by atoms with Gasteiger partial charge in [0.1, 0.15) is 6.54 Å². The van der Waals surface area contributed by atoms with Gasteiger partial charge in [0.2, 0.25) is 5.91 Å². The fourth-order valence-corrected chi connectivity index (χ4v) is 3.17. The largest absolute Gasteiger partial charge is 0.344 e. The Kier molecular flexibility index (Phi) is 4.20. The number of benzene rings is 1. The first kappa shape index (κ1) is 15.7. The highest BCUT2D eigenvalue weighted by Gasteiger charge is 2.17. The predicted molar refractivity (Wildman–Crippen MR) is 83.5 cm³/mol. The van der Waals surface area contributed by atoms with Crippen LogP contribution in [0.5, 0.6) is 0 Å². The molecule has 0 radical (unpaired) electrons. The van der Waals surface area contributed by atoms with E-state index in [9.17, 15) is 13.2 Å². The molecule has 0 saturated heterocycles. The van der Waals surface area contributed by atoms with Crippen LogP contribution in [0.25, 0.3) is 11.0 Å². The molecule has 1 aromatic carbocycles. The van der Waals surface area contributed by atoms with E-state index in [0.29, 0.717) is 22.3 Å². The lowest BCUT2D eigenvalue weighted by atomic mass is 10.3. The predicted octanol–water partition coefficient (Wildman–Crippen LogP) is 1.58. The van der Waals surface area contributed by atoms with E-state index >= 15 is 0 Å². The minimum Gasteiger partial charge on any atom is -0.344 e. The summed E-state index contributed by atoms with van der Waals surface area (Å²) in [6, 6.07) is 4.91. The number of hydrogen-bond acceptors (Lipinski definition) is 4. The number of H-pyrrole nitrogens is 1. The van der Waals surface area contributed by atoms with E-state index in [1.165, 1.54) is 6.07 Å². The third-order valence-electron chi connectivity index (χ3n) is 3.37. The van der Waals surface area contributed by atoms with E-state index in [2.05, 4.69) is 4.98 Å². The third kappa shape index (κ3) is 3.01. The molecule has 0 saturated carbocycles. The van der Waals surface area contributed by atoms with E-state index in [4.69, 9.17) is 12.2 Å². The highest BCUT2D eigenvalue weighted by molar-refractivity contribution is 7.91. The maximum absolute atomic E-state index is 12.0. The second-order valence-corrected chi connectivity index (χ2v) is 7.22. The first-order valence-electron chi connectivity index (χ1n) is 6.41. The zero-order valence-corrected chi connectivity index (χ0v) is 13.7. The number of aromatic nitrogens is 2. The van der Waals surface area contributed by atoms with Crippen LogP contribution in [0.15, 0.2) is 23.1 Å². The summed E-state index contributed by atoms with van der Waals surface area (Å²) in [6.07, 6.45) is 1.14. The Bertz CT molecular complexity index is 849. The maximum atomic E-state index is 12.0. The highest BCUT2D eigenvalue weighted by atomic mass is 32.2. The van der Waals surface area contributed by atoms with Gasteiger partial charge in [0.25, 0.3) is 0 Å². The molecule has 1 aromatic heterocycles. The molecule has 1 N–H and O–H groups in total. The molecule has 0 unspecified atom stereocenters. The van der Waals surface area contributed by atoms with E-state index in [0.717, 1.165) is 6.26 Å². The van der Waals surface area contributed by atoms with Gasteiger partial charge in [-0.2, -0.15) is 0 Å². The summed E-state index contributed by atoms with van der Waals surface area (Å²) in [4.78, 5) is 16.7. The summed E-state index contributed by atoms with van der Waals surface area (Å²) in [7, 11) is -1.66. The van der Waals surface area contributed by atoms with Gasteiger partial charge in [0, 0.05) is 19.8 Å². The lowest BCUT2D eigenvalue weighted by Crippen LogP contribution is -2.29. The Morgan fingerprint density at radius 3 is 2.67 bits per heavy atom. The van der Waals surface area contributed by atoms with Crippen molar-refractivity contribution in [2.24, 2.45) is 0 Å². The van der Waals surface area contributed by atoms with Gasteiger partial charge in [-0.3, -0.25) is 4.79 Å². The molecular formula is C13H17N3O3S2. The van der Waals surface area contributed by atoms with E-state index in [1.54, 1.807) is 28.6 Å². The summed E-state index contributed by atoms with van der Waals surface area (Å²) in [6.45, 7) is 2.56. The van der Waals surface area contributed by atoms with Gasteiger partial charge in [0.15, 0.2) is 14.6 Å². The van der Waals surface area contributed by atoms with Gasteiger partial charge >= 0.3 is 0 Å². The minimum atomic E-state index is -3.37. The first-order chi connectivity index (χ1) is 9.75. The molecule has 0 aliphatic rings. The zero-order chi connectivity index (χ0) is 15.8. The molecular weight excluding hydrogens is 310 g/mol. The number of carbonyl (C=O) groups excluding carboxylic acids is 1. The molecule has 0 aliphatic carbocycles. The van der Waals surface area contributed by atoms with Crippen LogP contribution in [0.3, 0.4) is 0 Å². The monoisotopic (exact) mass is 327 g/mol. The number of hydrogen-bond donors (Lipinski definition) is 1. The average molecular weight is 327 g/mol. The zero-order valence-electron chi connectivity index (χ0n) is 12.1. The van der Waals surface area contributed by atoms with Gasteiger partial charge in [-0.25, -0.2) is 8.42 Å². The molecule has 0 bridgehead atoms. The first-order valence-corrected chi connectivity index (χ1v) is 8.71. The summed E-state index contributed by atoms with van der Waals surface area (Å²) in [5.74, 6) is -0.0840. The number of nitrogens with one attached hydrogen (secondary N) is 1. The quantitative estimate of drug-likeness (QED) is 0.865. The van der Waals surface area contributed by atoms with Crippen LogP contribution in [0.1, 0.15) is 6.92 Å². The fourth-order valence-electron chi connectivity index (χ4n) is 2.05. The van der Waals surface area contributed by atoms with Crippen molar-refractivity contribution in [3.8, 4) is 0 Å². The van der Waals surface area contributed by atoms with Crippen LogP contribution < -0.4 is 0 Å². The van der Waals surface area contributed by atoms with Crippen LogP contribution in [0, 0.1) is 4.77 Å². The van der Waals surface area contributed by atoms with Crippen molar-refractivity contribution in [3.05, 3.63) is 23.0 Å².